The van der Waals surface area contributed by atoms with E-state index >= 15 is 0 Å². The molecule has 1 aliphatic rings. The van der Waals surface area contributed by atoms with E-state index in [9.17, 15) is 5.11 Å². The lowest BCUT2D eigenvalue weighted by Crippen LogP contribution is -2.46. The monoisotopic (exact) mass is 446 g/mol. The Balaban J connectivity index is 0.00000256. The average Bonchev–Trinajstić information content (AvgIpc) is 3.09. The number of rotatable bonds is 5. The predicted octanol–water partition coefficient (Wildman–Crippen LogP) is 3.59. The van der Waals surface area contributed by atoms with Gasteiger partial charge < -0.3 is 10.0 Å². The van der Waals surface area contributed by atoms with Crippen molar-refractivity contribution >= 4 is 35.8 Å². The maximum absolute atomic E-state index is 9.54. The highest BCUT2D eigenvalue weighted by Gasteiger charge is 2.16. The quantitative estimate of drug-likeness (QED) is 0.645. The molecule has 9 heteroatoms. The van der Waals surface area contributed by atoms with Crippen LogP contribution in [0.3, 0.4) is 0 Å². The zero-order valence-corrected chi connectivity index (χ0v) is 18.2. The highest BCUT2D eigenvalue weighted by Crippen LogP contribution is 2.21. The molecule has 0 saturated carbocycles. The van der Waals surface area contributed by atoms with Gasteiger partial charge in [-0.15, -0.1) is 12.4 Å². The largest absolute Gasteiger partial charge is 0.493 e. The van der Waals surface area contributed by atoms with Crippen molar-refractivity contribution in [3.63, 3.8) is 0 Å². The number of anilines is 1. The molecule has 1 fully saturated rings. The van der Waals surface area contributed by atoms with E-state index in [0.29, 0.717) is 5.95 Å². The number of nitrogens with zero attached hydrogens (tertiary/aromatic N) is 6. The molecule has 158 valence electrons. The van der Waals surface area contributed by atoms with Crippen LogP contribution in [0.5, 0.6) is 5.88 Å². The minimum atomic E-state index is -0.0705. The van der Waals surface area contributed by atoms with Crippen LogP contribution in [-0.4, -0.2) is 62.5 Å². The molecule has 3 aromatic rings. The van der Waals surface area contributed by atoms with Crippen molar-refractivity contribution in [3.8, 4) is 11.8 Å². The van der Waals surface area contributed by atoms with E-state index in [1.54, 1.807) is 10.9 Å². The summed E-state index contributed by atoms with van der Waals surface area (Å²) in [5.41, 5.74) is 3.12. The summed E-state index contributed by atoms with van der Waals surface area (Å²) in [4.78, 5) is 13.0. The first-order valence-corrected chi connectivity index (χ1v) is 9.94. The number of hydrogen-bond donors (Lipinski definition) is 1. The van der Waals surface area contributed by atoms with Crippen LogP contribution < -0.4 is 4.90 Å². The Morgan fingerprint density at radius 1 is 1.17 bits per heavy atom. The van der Waals surface area contributed by atoms with Crippen LogP contribution in [0.1, 0.15) is 11.3 Å². The number of piperazine rings is 1. The minimum Gasteiger partial charge on any atom is -0.493 e. The fourth-order valence-electron chi connectivity index (χ4n) is 3.42. The fraction of sp³-hybridized carbons (Fsp3) is 0.286. The molecule has 1 saturated heterocycles. The number of aromatic nitrogens is 4. The second-order valence-corrected chi connectivity index (χ2v) is 7.42. The van der Waals surface area contributed by atoms with E-state index in [0.717, 1.165) is 49.0 Å². The molecule has 1 aliphatic heterocycles. The van der Waals surface area contributed by atoms with Gasteiger partial charge in [0.2, 0.25) is 5.88 Å². The summed E-state index contributed by atoms with van der Waals surface area (Å²) in [5, 5.41) is 14.7. The van der Waals surface area contributed by atoms with E-state index in [4.69, 9.17) is 11.6 Å². The maximum Gasteiger partial charge on any atom is 0.254 e. The zero-order valence-electron chi connectivity index (χ0n) is 16.6. The molecule has 4 rings (SSSR count). The fourth-order valence-corrected chi connectivity index (χ4v) is 3.60. The summed E-state index contributed by atoms with van der Waals surface area (Å²) in [7, 11) is 0. The maximum atomic E-state index is 9.54. The van der Waals surface area contributed by atoms with Crippen molar-refractivity contribution in [2.45, 2.75) is 6.92 Å². The Bertz CT molecular complexity index is 1010. The third kappa shape index (κ3) is 5.11. The molecule has 30 heavy (non-hydrogen) atoms. The number of aromatic hydroxyl groups is 1. The van der Waals surface area contributed by atoms with Gasteiger partial charge in [-0.25, -0.2) is 9.67 Å². The van der Waals surface area contributed by atoms with Crippen molar-refractivity contribution < 1.29 is 5.11 Å². The molecule has 0 atom stereocenters. The summed E-state index contributed by atoms with van der Waals surface area (Å²) in [5.74, 6) is 0.290. The smallest absolute Gasteiger partial charge is 0.254 e. The summed E-state index contributed by atoms with van der Waals surface area (Å²) in [6, 6.07) is 9.47. The Morgan fingerprint density at radius 3 is 2.70 bits per heavy atom. The van der Waals surface area contributed by atoms with Crippen molar-refractivity contribution in [1.29, 1.82) is 0 Å². The lowest BCUT2D eigenvalue weighted by Gasteiger charge is -2.35. The van der Waals surface area contributed by atoms with E-state index in [2.05, 4.69) is 43.1 Å². The molecule has 7 nitrogen and oxygen atoms in total. The van der Waals surface area contributed by atoms with E-state index in [1.807, 2.05) is 25.1 Å². The first kappa shape index (κ1) is 22.1. The predicted molar refractivity (Wildman–Crippen MR) is 122 cm³/mol. The van der Waals surface area contributed by atoms with Crippen molar-refractivity contribution in [1.82, 2.24) is 24.6 Å². The Hall–Kier alpha value is -2.61. The van der Waals surface area contributed by atoms with Gasteiger partial charge in [-0.1, -0.05) is 29.8 Å². The normalized spacial score (nSPS) is 14.8. The SMILES string of the molecule is Cc1c(C=CCN2CCN(c3cccc(Cl)c3)CC2)cnn1-c1nccc(O)n1.Cl. The van der Waals surface area contributed by atoms with Crippen molar-refractivity contribution in [2.24, 2.45) is 0 Å². The van der Waals surface area contributed by atoms with Crippen LogP contribution in [0.2, 0.25) is 5.02 Å². The van der Waals surface area contributed by atoms with Crippen molar-refractivity contribution in [2.75, 3.05) is 37.6 Å². The van der Waals surface area contributed by atoms with Gasteiger partial charge in [-0.05, 0) is 25.1 Å². The van der Waals surface area contributed by atoms with Crippen LogP contribution in [0.15, 0.2) is 48.8 Å². The lowest BCUT2D eigenvalue weighted by atomic mass is 10.2. The minimum absolute atomic E-state index is 0. The molecule has 1 N–H and O–H groups in total. The molecular weight excluding hydrogens is 423 g/mol. The summed E-state index contributed by atoms with van der Waals surface area (Å²) < 4.78 is 1.63. The van der Waals surface area contributed by atoms with Gasteiger partial charge in [0.15, 0.2) is 0 Å². The van der Waals surface area contributed by atoms with Gasteiger partial charge in [-0.3, -0.25) is 4.90 Å². The van der Waals surface area contributed by atoms with Crippen LogP contribution in [0.25, 0.3) is 12.0 Å². The van der Waals surface area contributed by atoms with Crippen LogP contribution in [0.4, 0.5) is 5.69 Å². The Kier molecular flexibility index (Phi) is 7.31. The van der Waals surface area contributed by atoms with Gasteiger partial charge in [0.1, 0.15) is 0 Å². The molecule has 0 bridgehead atoms. The molecule has 3 heterocycles. The zero-order chi connectivity index (χ0) is 20.2. The Labute approximate surface area is 187 Å². The number of halogens is 2. The molecule has 0 aliphatic carbocycles. The average molecular weight is 447 g/mol. The molecule has 0 unspecified atom stereocenters. The summed E-state index contributed by atoms with van der Waals surface area (Å²) in [6.07, 6.45) is 7.53. The molecule has 1 aromatic carbocycles. The molecule has 2 aromatic heterocycles. The third-order valence-corrected chi connectivity index (χ3v) is 5.31. The first-order chi connectivity index (χ1) is 14.1. The van der Waals surface area contributed by atoms with Gasteiger partial charge in [0.25, 0.3) is 5.95 Å². The number of hydrogen-bond acceptors (Lipinski definition) is 6. The van der Waals surface area contributed by atoms with Crippen LogP contribution in [0, 0.1) is 6.92 Å². The van der Waals surface area contributed by atoms with E-state index < -0.39 is 0 Å². The second kappa shape index (κ2) is 9.93. The van der Waals surface area contributed by atoms with Gasteiger partial charge in [0.05, 0.1) is 11.9 Å². The van der Waals surface area contributed by atoms with Crippen molar-refractivity contribution in [3.05, 3.63) is 65.1 Å². The molecule has 0 amide bonds. The van der Waals surface area contributed by atoms with Crippen LogP contribution >= 0.6 is 24.0 Å². The van der Waals surface area contributed by atoms with E-state index in [-0.39, 0.29) is 18.3 Å². The first-order valence-electron chi connectivity index (χ1n) is 9.56. The topological polar surface area (TPSA) is 70.3 Å². The summed E-state index contributed by atoms with van der Waals surface area (Å²) in [6.45, 7) is 6.83. The van der Waals surface area contributed by atoms with E-state index in [1.165, 1.54) is 18.0 Å². The summed E-state index contributed by atoms with van der Waals surface area (Å²) >= 11 is 6.11. The molecule has 0 spiro atoms. The molecular formula is C21H24Cl2N6O. The van der Waals surface area contributed by atoms with Gasteiger partial charge in [0, 0.05) is 61.3 Å². The standard InChI is InChI=1S/C21H23ClN6O.ClH/c1-16-17(15-24-28(16)21-23-8-7-20(29)25-21)4-3-9-26-10-12-27(13-11-26)19-6-2-5-18(22)14-19;/h2-8,14-15H,9-13H2,1H3,(H,23,25,29);1H. The number of benzene rings is 1. The Morgan fingerprint density at radius 2 is 1.97 bits per heavy atom. The van der Waals surface area contributed by atoms with Gasteiger partial charge >= 0.3 is 0 Å². The molecule has 0 radical (unpaired) electrons. The highest BCUT2D eigenvalue weighted by atomic mass is 35.5. The van der Waals surface area contributed by atoms with Gasteiger partial charge in [-0.2, -0.15) is 10.1 Å². The highest BCUT2D eigenvalue weighted by molar-refractivity contribution is 6.30. The van der Waals surface area contributed by atoms with Crippen LogP contribution in [-0.2, 0) is 0 Å². The third-order valence-electron chi connectivity index (χ3n) is 5.07. The lowest BCUT2D eigenvalue weighted by molar-refractivity contribution is 0.284. The second-order valence-electron chi connectivity index (χ2n) is 6.98.